The number of hydrogen-bond donors (Lipinski definition) is 1. The molecular weight excluding hydrogens is 404 g/mol. The second-order valence-corrected chi connectivity index (χ2v) is 6.68. The summed E-state index contributed by atoms with van der Waals surface area (Å²) < 4.78 is 16.2. The summed E-state index contributed by atoms with van der Waals surface area (Å²) >= 11 is 5.86. The lowest BCUT2D eigenvalue weighted by atomic mass is 10.1. The second-order valence-electron chi connectivity index (χ2n) is 6.25. The van der Waals surface area contributed by atoms with Crippen LogP contribution in [0.4, 0.5) is 0 Å². The highest BCUT2D eigenvalue weighted by Gasteiger charge is 2.06. The van der Waals surface area contributed by atoms with Crippen LogP contribution in [-0.2, 0) is 6.61 Å². The Labute approximate surface area is 180 Å². The van der Waals surface area contributed by atoms with Crippen LogP contribution in [0.5, 0.6) is 17.2 Å². The van der Waals surface area contributed by atoms with E-state index in [1.165, 1.54) is 6.21 Å². The lowest BCUT2D eigenvalue weighted by molar-refractivity contribution is 0.0955. The molecule has 30 heavy (non-hydrogen) atoms. The van der Waals surface area contributed by atoms with Crippen LogP contribution in [0.25, 0.3) is 0 Å². The van der Waals surface area contributed by atoms with Gasteiger partial charge in [0.2, 0.25) is 0 Å². The number of hydrazone groups is 1. The Bertz CT molecular complexity index is 1020. The van der Waals surface area contributed by atoms with E-state index >= 15 is 0 Å². The van der Waals surface area contributed by atoms with Crippen LogP contribution < -0.4 is 19.6 Å². The minimum absolute atomic E-state index is 0.316. The molecular formula is C23H21ClN2O4. The summed E-state index contributed by atoms with van der Waals surface area (Å²) in [7, 11) is 3.14. The number of rotatable bonds is 8. The molecule has 0 saturated carbocycles. The zero-order valence-corrected chi connectivity index (χ0v) is 17.3. The van der Waals surface area contributed by atoms with E-state index in [4.69, 9.17) is 25.8 Å². The van der Waals surface area contributed by atoms with E-state index in [1.54, 1.807) is 68.8 Å². The molecule has 0 bridgehead atoms. The van der Waals surface area contributed by atoms with E-state index in [2.05, 4.69) is 10.5 Å². The Kier molecular flexibility index (Phi) is 7.29. The van der Waals surface area contributed by atoms with E-state index in [9.17, 15) is 4.79 Å². The molecule has 0 aliphatic carbocycles. The summed E-state index contributed by atoms with van der Waals surface area (Å²) in [6.07, 6.45) is 1.52. The number of ether oxygens (including phenoxy) is 3. The third-order valence-electron chi connectivity index (χ3n) is 4.25. The van der Waals surface area contributed by atoms with Gasteiger partial charge < -0.3 is 14.2 Å². The van der Waals surface area contributed by atoms with E-state index in [1.807, 2.05) is 12.1 Å². The molecule has 0 saturated heterocycles. The fourth-order valence-corrected chi connectivity index (χ4v) is 2.73. The largest absolute Gasteiger partial charge is 0.497 e. The zero-order valence-electron chi connectivity index (χ0n) is 16.6. The minimum Gasteiger partial charge on any atom is -0.497 e. The van der Waals surface area contributed by atoms with Gasteiger partial charge in [-0.3, -0.25) is 4.79 Å². The first-order chi connectivity index (χ1) is 14.6. The van der Waals surface area contributed by atoms with Gasteiger partial charge >= 0.3 is 0 Å². The van der Waals surface area contributed by atoms with E-state index < -0.39 is 0 Å². The van der Waals surface area contributed by atoms with Gasteiger partial charge in [-0.1, -0.05) is 23.7 Å². The van der Waals surface area contributed by atoms with Crippen LogP contribution in [0.3, 0.4) is 0 Å². The van der Waals surface area contributed by atoms with Crippen molar-refractivity contribution in [1.82, 2.24) is 5.43 Å². The van der Waals surface area contributed by atoms with Crippen molar-refractivity contribution in [1.29, 1.82) is 0 Å². The van der Waals surface area contributed by atoms with Crippen LogP contribution in [0.15, 0.2) is 71.8 Å². The van der Waals surface area contributed by atoms with Crippen LogP contribution in [0.2, 0.25) is 5.02 Å². The molecule has 0 atom stereocenters. The highest BCUT2D eigenvalue weighted by molar-refractivity contribution is 6.30. The number of halogens is 1. The number of nitrogens with one attached hydrogen (secondary N) is 1. The van der Waals surface area contributed by atoms with Crippen molar-refractivity contribution in [2.24, 2.45) is 5.10 Å². The molecule has 6 nitrogen and oxygen atoms in total. The first-order valence-electron chi connectivity index (χ1n) is 9.12. The van der Waals surface area contributed by atoms with Crippen molar-refractivity contribution < 1.29 is 19.0 Å². The second kappa shape index (κ2) is 10.3. The molecule has 3 rings (SSSR count). The molecule has 154 valence electrons. The number of nitrogens with zero attached hydrogens (tertiary/aromatic N) is 1. The van der Waals surface area contributed by atoms with Crippen molar-refractivity contribution in [3.63, 3.8) is 0 Å². The third kappa shape index (κ3) is 5.75. The summed E-state index contributed by atoms with van der Waals surface area (Å²) in [6, 6.07) is 19.6. The van der Waals surface area contributed by atoms with Gasteiger partial charge in [-0.15, -0.1) is 0 Å². The number of benzene rings is 3. The van der Waals surface area contributed by atoms with Crippen LogP contribution in [-0.4, -0.2) is 26.3 Å². The van der Waals surface area contributed by atoms with Crippen LogP contribution in [0, 0.1) is 0 Å². The molecule has 0 aliphatic rings. The molecule has 3 aromatic rings. The zero-order chi connectivity index (χ0) is 21.3. The number of carbonyl (C=O) groups is 1. The Balaban J connectivity index is 1.55. The predicted molar refractivity (Wildman–Crippen MR) is 117 cm³/mol. The van der Waals surface area contributed by atoms with Gasteiger partial charge in [0, 0.05) is 22.2 Å². The van der Waals surface area contributed by atoms with Crippen molar-refractivity contribution in [3.05, 3.63) is 88.4 Å². The smallest absolute Gasteiger partial charge is 0.271 e. The molecule has 0 fully saturated rings. The average Bonchev–Trinajstić information content (AvgIpc) is 2.79. The predicted octanol–water partition coefficient (Wildman–Crippen LogP) is 4.70. The molecule has 0 radical (unpaired) electrons. The van der Waals surface area contributed by atoms with Crippen LogP contribution >= 0.6 is 11.6 Å². The Morgan fingerprint density at radius 3 is 2.33 bits per heavy atom. The maximum Gasteiger partial charge on any atom is 0.271 e. The number of carbonyl (C=O) groups excluding carboxylic acids is 1. The summed E-state index contributed by atoms with van der Waals surface area (Å²) in [5.74, 6) is 1.68. The monoisotopic (exact) mass is 424 g/mol. The molecule has 1 N–H and O–H groups in total. The van der Waals surface area contributed by atoms with E-state index in [0.717, 1.165) is 11.3 Å². The average molecular weight is 425 g/mol. The highest BCUT2D eigenvalue weighted by atomic mass is 35.5. The molecule has 7 heteroatoms. The first-order valence-corrected chi connectivity index (χ1v) is 9.49. The van der Waals surface area contributed by atoms with Gasteiger partial charge in [0.05, 0.1) is 20.4 Å². The minimum atomic E-state index is -0.316. The first kappa shape index (κ1) is 21.2. The van der Waals surface area contributed by atoms with E-state index in [-0.39, 0.29) is 5.91 Å². The number of amides is 1. The van der Waals surface area contributed by atoms with Crippen molar-refractivity contribution >= 4 is 23.7 Å². The van der Waals surface area contributed by atoms with Gasteiger partial charge in [0.25, 0.3) is 5.91 Å². The fourth-order valence-electron chi connectivity index (χ4n) is 2.60. The lowest BCUT2D eigenvalue weighted by Crippen LogP contribution is -2.17. The van der Waals surface area contributed by atoms with Gasteiger partial charge in [0.15, 0.2) is 0 Å². The van der Waals surface area contributed by atoms with Gasteiger partial charge in [-0.25, -0.2) is 5.43 Å². The molecule has 3 aromatic carbocycles. The molecule has 0 aliphatic heterocycles. The molecule has 1 amide bonds. The Morgan fingerprint density at radius 1 is 0.967 bits per heavy atom. The maximum absolute atomic E-state index is 12.3. The molecule has 0 heterocycles. The Morgan fingerprint density at radius 2 is 1.67 bits per heavy atom. The molecule has 0 unspecified atom stereocenters. The summed E-state index contributed by atoms with van der Waals surface area (Å²) in [5.41, 5.74) is 4.65. The highest BCUT2D eigenvalue weighted by Crippen LogP contribution is 2.23. The third-order valence-corrected chi connectivity index (χ3v) is 4.50. The van der Waals surface area contributed by atoms with Crippen molar-refractivity contribution in [3.8, 4) is 17.2 Å². The van der Waals surface area contributed by atoms with Gasteiger partial charge in [-0.2, -0.15) is 5.10 Å². The topological polar surface area (TPSA) is 69.2 Å². The molecule has 0 aromatic heterocycles. The van der Waals surface area contributed by atoms with Crippen LogP contribution in [0.1, 0.15) is 21.5 Å². The van der Waals surface area contributed by atoms with Gasteiger partial charge in [0.1, 0.15) is 23.9 Å². The SMILES string of the molecule is COc1ccc(/C=N/NC(=O)c2ccc(COc3ccc(Cl)cc3)cc2)c(OC)c1. The number of hydrogen-bond acceptors (Lipinski definition) is 5. The summed E-state index contributed by atoms with van der Waals surface area (Å²) in [5, 5.41) is 4.66. The van der Waals surface area contributed by atoms with E-state index in [0.29, 0.717) is 34.3 Å². The Hall–Kier alpha value is -3.51. The van der Waals surface area contributed by atoms with Crippen molar-refractivity contribution in [2.45, 2.75) is 6.61 Å². The maximum atomic E-state index is 12.3. The van der Waals surface area contributed by atoms with Crippen molar-refractivity contribution in [2.75, 3.05) is 14.2 Å². The lowest BCUT2D eigenvalue weighted by Gasteiger charge is -2.08. The normalized spacial score (nSPS) is 10.6. The number of methoxy groups -OCH3 is 2. The summed E-state index contributed by atoms with van der Waals surface area (Å²) in [6.45, 7) is 0.388. The standard InChI is InChI=1S/C23H21ClN2O4/c1-28-21-10-7-18(22(13-21)29-2)14-25-26-23(27)17-5-3-16(4-6-17)15-30-20-11-8-19(24)9-12-20/h3-14H,15H2,1-2H3,(H,26,27)/b25-14+. The summed E-state index contributed by atoms with van der Waals surface area (Å²) in [4.78, 5) is 12.3. The fraction of sp³-hybridized carbons (Fsp3) is 0.130. The van der Waals surface area contributed by atoms with Gasteiger partial charge in [-0.05, 0) is 54.1 Å². The molecule has 0 spiro atoms. The quantitative estimate of drug-likeness (QED) is 0.420.